The van der Waals surface area contributed by atoms with Crippen molar-refractivity contribution in [2.24, 2.45) is 5.73 Å². The van der Waals surface area contributed by atoms with Gasteiger partial charge in [0.1, 0.15) is 4.34 Å². The molecule has 0 spiro atoms. The highest BCUT2D eigenvalue weighted by atomic mass is 79.9. The van der Waals surface area contributed by atoms with Crippen LogP contribution in [0.25, 0.3) is 0 Å². The Kier molecular flexibility index (Phi) is 5.30. The Labute approximate surface area is 120 Å². The summed E-state index contributed by atoms with van der Waals surface area (Å²) in [6, 6.07) is 2.11. The van der Waals surface area contributed by atoms with E-state index in [4.69, 9.17) is 22.1 Å². The summed E-state index contributed by atoms with van der Waals surface area (Å²) in [5.74, 6) is 0. The van der Waals surface area contributed by atoms with Gasteiger partial charge < -0.3 is 10.5 Å². The van der Waals surface area contributed by atoms with E-state index < -0.39 is 0 Å². The van der Waals surface area contributed by atoms with Crippen LogP contribution in [0.4, 0.5) is 0 Å². The van der Waals surface area contributed by atoms with Gasteiger partial charge in [-0.15, -0.1) is 11.3 Å². The molecule has 0 aromatic carbocycles. The smallest absolute Gasteiger partial charge is 0.107 e. The molecule has 96 valence electrons. The predicted molar refractivity (Wildman–Crippen MR) is 76.8 cm³/mol. The molecule has 0 radical (unpaired) electrons. The van der Waals surface area contributed by atoms with Gasteiger partial charge >= 0.3 is 0 Å². The second kappa shape index (κ2) is 6.53. The molecule has 2 rings (SSSR count). The summed E-state index contributed by atoms with van der Waals surface area (Å²) in [4.78, 5) is 1.15. The molecule has 17 heavy (non-hydrogen) atoms. The fourth-order valence-electron chi connectivity index (χ4n) is 2.09. The Morgan fingerprint density at radius 3 is 3.00 bits per heavy atom. The first-order valence-corrected chi connectivity index (χ1v) is 7.97. The van der Waals surface area contributed by atoms with Crippen molar-refractivity contribution < 1.29 is 4.74 Å². The first-order valence-electron chi connectivity index (χ1n) is 5.98. The molecule has 2 unspecified atom stereocenters. The van der Waals surface area contributed by atoms with Crippen LogP contribution in [0, 0.1) is 0 Å². The molecule has 5 heteroatoms. The zero-order valence-electron chi connectivity index (χ0n) is 9.62. The molecule has 0 bridgehead atoms. The lowest BCUT2D eigenvalue weighted by atomic mass is 10.0. The third-order valence-electron chi connectivity index (χ3n) is 3.10. The van der Waals surface area contributed by atoms with Gasteiger partial charge in [-0.2, -0.15) is 0 Å². The average molecular weight is 339 g/mol. The highest BCUT2D eigenvalue weighted by Gasteiger charge is 2.17. The molecule has 1 fully saturated rings. The Balaban J connectivity index is 1.82. The lowest BCUT2D eigenvalue weighted by Crippen LogP contribution is -2.21. The van der Waals surface area contributed by atoms with Gasteiger partial charge in [0.2, 0.25) is 0 Å². The van der Waals surface area contributed by atoms with Gasteiger partial charge in [-0.25, -0.2) is 0 Å². The Morgan fingerprint density at radius 1 is 1.59 bits per heavy atom. The van der Waals surface area contributed by atoms with E-state index in [2.05, 4.69) is 15.9 Å². The van der Waals surface area contributed by atoms with E-state index in [1.807, 2.05) is 6.07 Å². The van der Waals surface area contributed by atoms with Gasteiger partial charge in [0.25, 0.3) is 0 Å². The maximum Gasteiger partial charge on any atom is 0.107 e. The van der Waals surface area contributed by atoms with Crippen molar-refractivity contribution >= 4 is 38.9 Å². The van der Waals surface area contributed by atoms with Crippen LogP contribution in [-0.4, -0.2) is 12.7 Å². The molecule has 1 aromatic heterocycles. The standard InChI is InChI=1S/C12H17BrClNOS/c13-9-7-11(17-12(9)14)10(15)5-4-8-3-1-2-6-16-8/h7-8,10H,1-6,15H2. The lowest BCUT2D eigenvalue weighted by Gasteiger charge is -2.23. The van der Waals surface area contributed by atoms with Crippen molar-refractivity contribution in [2.45, 2.75) is 44.2 Å². The number of hydrogen-bond acceptors (Lipinski definition) is 3. The van der Waals surface area contributed by atoms with E-state index in [0.717, 1.165) is 33.1 Å². The molecule has 2 nitrogen and oxygen atoms in total. The fraction of sp³-hybridized carbons (Fsp3) is 0.667. The number of rotatable bonds is 4. The molecule has 1 saturated heterocycles. The lowest BCUT2D eigenvalue weighted by molar-refractivity contribution is 0.00917. The van der Waals surface area contributed by atoms with Gasteiger partial charge in [-0.1, -0.05) is 11.6 Å². The molecule has 2 N–H and O–H groups in total. The Hall–Kier alpha value is 0.390. The van der Waals surface area contributed by atoms with Crippen LogP contribution in [0.15, 0.2) is 10.5 Å². The molecule has 2 atom stereocenters. The summed E-state index contributed by atoms with van der Waals surface area (Å²) in [7, 11) is 0. The van der Waals surface area contributed by atoms with Gasteiger partial charge in [-0.05, 0) is 54.1 Å². The Bertz CT molecular complexity index is 346. The number of halogens is 2. The van der Waals surface area contributed by atoms with Crippen LogP contribution in [0.2, 0.25) is 4.34 Å². The third-order valence-corrected chi connectivity index (χ3v) is 5.71. The summed E-state index contributed by atoms with van der Waals surface area (Å²) in [5.41, 5.74) is 6.17. The summed E-state index contributed by atoms with van der Waals surface area (Å²) in [6.45, 7) is 0.913. The molecular weight excluding hydrogens is 322 g/mol. The first kappa shape index (κ1) is 13.8. The van der Waals surface area contributed by atoms with E-state index in [-0.39, 0.29) is 6.04 Å². The van der Waals surface area contributed by atoms with Crippen LogP contribution in [0.5, 0.6) is 0 Å². The summed E-state index contributed by atoms with van der Waals surface area (Å²) < 4.78 is 7.44. The fourth-order valence-corrected chi connectivity index (χ4v) is 3.86. The van der Waals surface area contributed by atoms with E-state index in [1.165, 1.54) is 19.3 Å². The second-order valence-corrected chi connectivity index (χ2v) is 6.98. The minimum Gasteiger partial charge on any atom is -0.378 e. The summed E-state index contributed by atoms with van der Waals surface area (Å²) >= 11 is 11.0. The van der Waals surface area contributed by atoms with Crippen molar-refractivity contribution in [1.82, 2.24) is 0 Å². The van der Waals surface area contributed by atoms with Crippen LogP contribution in [-0.2, 0) is 4.74 Å². The van der Waals surface area contributed by atoms with Crippen LogP contribution in [0.3, 0.4) is 0 Å². The summed E-state index contributed by atoms with van der Waals surface area (Å²) in [6.07, 6.45) is 6.10. The average Bonchev–Trinajstić information content (AvgIpc) is 2.68. The predicted octanol–water partition coefficient (Wildman–Crippen LogP) is 4.51. The highest BCUT2D eigenvalue weighted by molar-refractivity contribution is 9.10. The van der Waals surface area contributed by atoms with Crippen LogP contribution >= 0.6 is 38.9 Å². The molecule has 0 aliphatic carbocycles. The molecular formula is C12H17BrClNOS. The third kappa shape index (κ3) is 3.93. The Morgan fingerprint density at radius 2 is 2.41 bits per heavy atom. The molecule has 1 aromatic rings. The summed E-state index contributed by atoms with van der Waals surface area (Å²) in [5, 5.41) is 0. The molecule has 1 aliphatic heterocycles. The highest BCUT2D eigenvalue weighted by Crippen LogP contribution is 2.36. The normalized spacial score (nSPS) is 22.6. The molecule has 0 amide bonds. The monoisotopic (exact) mass is 337 g/mol. The van der Waals surface area contributed by atoms with E-state index in [9.17, 15) is 0 Å². The van der Waals surface area contributed by atoms with E-state index >= 15 is 0 Å². The van der Waals surface area contributed by atoms with Crippen LogP contribution in [0.1, 0.15) is 43.0 Å². The number of hydrogen-bond donors (Lipinski definition) is 1. The molecule has 1 aliphatic rings. The minimum atomic E-state index is 0.0781. The van der Waals surface area contributed by atoms with Crippen molar-refractivity contribution in [3.05, 3.63) is 19.8 Å². The number of ether oxygens (including phenoxy) is 1. The second-order valence-electron chi connectivity index (χ2n) is 4.44. The van der Waals surface area contributed by atoms with Gasteiger partial charge in [0.15, 0.2) is 0 Å². The minimum absolute atomic E-state index is 0.0781. The van der Waals surface area contributed by atoms with Crippen molar-refractivity contribution in [3.8, 4) is 0 Å². The van der Waals surface area contributed by atoms with E-state index in [0.29, 0.717) is 6.10 Å². The van der Waals surface area contributed by atoms with Crippen molar-refractivity contribution in [2.75, 3.05) is 6.61 Å². The molecule has 0 saturated carbocycles. The maximum absolute atomic E-state index is 6.17. The maximum atomic E-state index is 6.17. The van der Waals surface area contributed by atoms with Crippen molar-refractivity contribution in [3.63, 3.8) is 0 Å². The number of thiophene rings is 1. The first-order chi connectivity index (χ1) is 8.16. The van der Waals surface area contributed by atoms with E-state index in [1.54, 1.807) is 11.3 Å². The van der Waals surface area contributed by atoms with Gasteiger partial charge in [0.05, 0.1) is 6.10 Å². The quantitative estimate of drug-likeness (QED) is 0.876. The number of nitrogens with two attached hydrogens (primary N) is 1. The molecule has 2 heterocycles. The zero-order valence-corrected chi connectivity index (χ0v) is 12.8. The van der Waals surface area contributed by atoms with Gasteiger partial charge in [0, 0.05) is 22.0 Å². The van der Waals surface area contributed by atoms with Crippen LogP contribution < -0.4 is 5.73 Å². The largest absolute Gasteiger partial charge is 0.378 e. The van der Waals surface area contributed by atoms with Gasteiger partial charge in [-0.3, -0.25) is 0 Å². The van der Waals surface area contributed by atoms with Crippen molar-refractivity contribution in [1.29, 1.82) is 0 Å². The topological polar surface area (TPSA) is 35.2 Å². The zero-order chi connectivity index (χ0) is 12.3. The SMILES string of the molecule is NC(CCC1CCCCO1)c1cc(Br)c(Cl)s1.